The minimum atomic E-state index is -0.415. The predicted octanol–water partition coefficient (Wildman–Crippen LogP) is 5.03. The summed E-state index contributed by atoms with van der Waals surface area (Å²) < 4.78 is 5.82. The molecule has 0 fully saturated rings. The number of carbonyl (C=O) groups is 1. The zero-order valence-electron chi connectivity index (χ0n) is 14.6. The molecule has 0 heterocycles. The van der Waals surface area contributed by atoms with Crippen LogP contribution < -0.4 is 4.74 Å². The van der Waals surface area contributed by atoms with Crippen molar-refractivity contribution in [1.82, 2.24) is 0 Å². The summed E-state index contributed by atoms with van der Waals surface area (Å²) in [4.78, 5) is 10.9. The summed E-state index contributed by atoms with van der Waals surface area (Å²) >= 11 is 0. The molecule has 0 amide bonds. The van der Waals surface area contributed by atoms with E-state index < -0.39 is 6.10 Å². The van der Waals surface area contributed by atoms with Gasteiger partial charge in [0.2, 0.25) is 0 Å². The van der Waals surface area contributed by atoms with Gasteiger partial charge in [0.05, 0.1) is 0 Å². The Kier molecular flexibility index (Phi) is 5.61. The fourth-order valence-electron chi connectivity index (χ4n) is 2.21. The van der Waals surface area contributed by atoms with E-state index in [1.165, 1.54) is 11.1 Å². The van der Waals surface area contributed by atoms with Gasteiger partial charge >= 0.3 is 0 Å². The normalized spacial score (nSPS) is 13.9. The number of hydrogen-bond donors (Lipinski definition) is 0. The van der Waals surface area contributed by atoms with Crippen molar-refractivity contribution >= 4 is 6.29 Å². The van der Waals surface area contributed by atoms with Gasteiger partial charge in [0.1, 0.15) is 5.75 Å². The number of hydrogen-bond acceptors (Lipinski definition) is 2. The minimum Gasteiger partial charge on any atom is -0.483 e. The Bertz CT molecular complexity index is 486. The van der Waals surface area contributed by atoms with Crippen LogP contribution in [0.15, 0.2) is 18.2 Å². The highest BCUT2D eigenvalue weighted by Crippen LogP contribution is 2.38. The van der Waals surface area contributed by atoms with Crippen LogP contribution in [0.2, 0.25) is 0 Å². The molecule has 1 aromatic rings. The molecular weight excluding hydrogens is 260 g/mol. The molecule has 0 aliphatic carbocycles. The largest absolute Gasteiger partial charge is 0.483 e. The summed E-state index contributed by atoms with van der Waals surface area (Å²) in [6.45, 7) is 15.2. The van der Waals surface area contributed by atoms with E-state index >= 15 is 0 Å². The van der Waals surface area contributed by atoms with Gasteiger partial charge in [0.25, 0.3) is 0 Å². The summed E-state index contributed by atoms with van der Waals surface area (Å²) in [6.07, 6.45) is 2.53. The zero-order chi connectivity index (χ0) is 16.3. The van der Waals surface area contributed by atoms with Crippen LogP contribution in [0.1, 0.15) is 72.4 Å². The van der Waals surface area contributed by atoms with Crippen LogP contribution in [0.25, 0.3) is 0 Å². The predicted molar refractivity (Wildman–Crippen MR) is 89.2 cm³/mol. The monoisotopic (exact) mass is 290 g/mol. The number of aldehydes is 1. The zero-order valence-corrected chi connectivity index (χ0v) is 14.6. The average Bonchev–Trinajstić information content (AvgIpc) is 2.47. The van der Waals surface area contributed by atoms with E-state index in [2.05, 4.69) is 53.7 Å². The fourth-order valence-corrected chi connectivity index (χ4v) is 2.21. The molecule has 0 saturated carbocycles. The molecule has 0 saturated heterocycles. The fraction of sp³-hybridized carbons (Fsp3) is 0.632. The third-order valence-corrected chi connectivity index (χ3v) is 4.76. The maximum absolute atomic E-state index is 10.9. The Morgan fingerprint density at radius 1 is 1.10 bits per heavy atom. The second-order valence-corrected chi connectivity index (χ2v) is 7.14. The van der Waals surface area contributed by atoms with Gasteiger partial charge in [0, 0.05) is 5.56 Å². The van der Waals surface area contributed by atoms with Crippen LogP contribution in [-0.2, 0) is 15.6 Å². The van der Waals surface area contributed by atoms with Gasteiger partial charge in [-0.15, -0.1) is 0 Å². The molecule has 0 radical (unpaired) electrons. The lowest BCUT2D eigenvalue weighted by Crippen LogP contribution is -2.23. The van der Waals surface area contributed by atoms with Crippen molar-refractivity contribution in [3.8, 4) is 5.75 Å². The van der Waals surface area contributed by atoms with Crippen molar-refractivity contribution in [2.75, 3.05) is 0 Å². The van der Waals surface area contributed by atoms with Crippen LogP contribution >= 0.6 is 0 Å². The van der Waals surface area contributed by atoms with Gasteiger partial charge < -0.3 is 4.74 Å². The highest BCUT2D eigenvalue weighted by atomic mass is 16.5. The van der Waals surface area contributed by atoms with Crippen LogP contribution in [-0.4, -0.2) is 12.4 Å². The maximum atomic E-state index is 10.9. The highest BCUT2D eigenvalue weighted by Gasteiger charge is 2.27. The molecule has 2 heteroatoms. The smallest absolute Gasteiger partial charge is 0.160 e. The average molecular weight is 290 g/mol. The molecule has 1 atom stereocenters. The lowest BCUT2D eigenvalue weighted by atomic mass is 9.76. The van der Waals surface area contributed by atoms with Crippen LogP contribution in [0.4, 0.5) is 0 Å². The molecule has 1 unspecified atom stereocenters. The quantitative estimate of drug-likeness (QED) is 0.658. The third-order valence-electron chi connectivity index (χ3n) is 4.76. The Morgan fingerprint density at radius 2 is 1.67 bits per heavy atom. The van der Waals surface area contributed by atoms with E-state index in [4.69, 9.17) is 4.74 Å². The molecular formula is C19H30O2. The van der Waals surface area contributed by atoms with E-state index in [1.54, 1.807) is 6.92 Å². The van der Waals surface area contributed by atoms with E-state index in [1.807, 2.05) is 6.07 Å². The Balaban J connectivity index is 3.36. The first kappa shape index (κ1) is 17.7. The molecule has 0 spiro atoms. The SMILES string of the molecule is CCC(C)(C)c1ccc(OC(C)C=O)c(C(C)(C)CC)c1. The molecule has 0 aromatic heterocycles. The first-order valence-corrected chi connectivity index (χ1v) is 7.95. The molecule has 0 aliphatic rings. The number of ether oxygens (including phenoxy) is 1. The van der Waals surface area contributed by atoms with E-state index in [9.17, 15) is 4.79 Å². The van der Waals surface area contributed by atoms with Crippen molar-refractivity contribution in [2.45, 2.75) is 78.2 Å². The van der Waals surface area contributed by atoms with Crippen molar-refractivity contribution < 1.29 is 9.53 Å². The molecule has 1 aromatic carbocycles. The van der Waals surface area contributed by atoms with Gasteiger partial charge in [-0.05, 0) is 42.2 Å². The molecule has 2 nitrogen and oxygen atoms in total. The Hall–Kier alpha value is -1.31. The molecule has 1 rings (SSSR count). The molecule has 0 N–H and O–H groups in total. The molecule has 0 aliphatic heterocycles. The lowest BCUT2D eigenvalue weighted by Gasteiger charge is -2.30. The van der Waals surface area contributed by atoms with Crippen molar-refractivity contribution in [3.05, 3.63) is 29.3 Å². The van der Waals surface area contributed by atoms with Gasteiger partial charge in [0.15, 0.2) is 12.4 Å². The Labute approximate surface area is 129 Å². The van der Waals surface area contributed by atoms with Crippen molar-refractivity contribution in [2.24, 2.45) is 0 Å². The van der Waals surface area contributed by atoms with Crippen molar-refractivity contribution in [3.63, 3.8) is 0 Å². The number of benzene rings is 1. The molecule has 0 bridgehead atoms. The van der Waals surface area contributed by atoms with Gasteiger partial charge in [-0.25, -0.2) is 0 Å². The number of rotatable bonds is 7. The first-order valence-electron chi connectivity index (χ1n) is 7.95. The molecule has 21 heavy (non-hydrogen) atoms. The summed E-state index contributed by atoms with van der Waals surface area (Å²) in [5.41, 5.74) is 2.69. The lowest BCUT2D eigenvalue weighted by molar-refractivity contribution is -0.113. The van der Waals surface area contributed by atoms with Gasteiger partial charge in [-0.2, -0.15) is 0 Å². The van der Waals surface area contributed by atoms with Gasteiger partial charge in [-0.1, -0.05) is 53.7 Å². The van der Waals surface area contributed by atoms with Crippen LogP contribution in [0, 0.1) is 0 Å². The topological polar surface area (TPSA) is 26.3 Å². The van der Waals surface area contributed by atoms with E-state index in [0.29, 0.717) is 0 Å². The summed E-state index contributed by atoms with van der Waals surface area (Å²) in [5, 5.41) is 0. The Morgan fingerprint density at radius 3 is 2.14 bits per heavy atom. The maximum Gasteiger partial charge on any atom is 0.160 e. The number of carbonyl (C=O) groups excluding carboxylic acids is 1. The van der Waals surface area contributed by atoms with Crippen molar-refractivity contribution in [1.29, 1.82) is 0 Å². The summed E-state index contributed by atoms with van der Waals surface area (Å²) in [5.74, 6) is 0.831. The standard InChI is InChI=1S/C19H30O2/c1-8-18(4,5)15-10-11-17(21-14(3)13-20)16(12-15)19(6,7)9-2/h10-14H,8-9H2,1-7H3. The first-order chi connectivity index (χ1) is 9.67. The summed E-state index contributed by atoms with van der Waals surface area (Å²) in [6, 6.07) is 6.42. The van der Waals surface area contributed by atoms with E-state index in [-0.39, 0.29) is 10.8 Å². The minimum absolute atomic E-state index is 0.0256. The highest BCUT2D eigenvalue weighted by molar-refractivity contribution is 5.56. The van der Waals surface area contributed by atoms with Crippen LogP contribution in [0.3, 0.4) is 0 Å². The third kappa shape index (κ3) is 4.09. The van der Waals surface area contributed by atoms with Crippen LogP contribution in [0.5, 0.6) is 5.75 Å². The second kappa shape index (κ2) is 6.64. The second-order valence-electron chi connectivity index (χ2n) is 7.14. The van der Waals surface area contributed by atoms with Gasteiger partial charge in [-0.3, -0.25) is 4.79 Å². The summed E-state index contributed by atoms with van der Waals surface area (Å²) in [7, 11) is 0. The van der Waals surface area contributed by atoms with E-state index in [0.717, 1.165) is 24.9 Å². The molecule has 118 valence electrons.